The molecule has 4 unspecified atom stereocenters. The van der Waals surface area contributed by atoms with E-state index in [1.54, 1.807) is 5.56 Å². The summed E-state index contributed by atoms with van der Waals surface area (Å²) in [5.74, 6) is 0.467. The molecule has 1 saturated carbocycles. The van der Waals surface area contributed by atoms with E-state index < -0.39 is 0 Å². The summed E-state index contributed by atoms with van der Waals surface area (Å²) in [5.41, 5.74) is 29.4. The number of rotatable bonds is 1. The maximum Gasteiger partial charge on any atom is 0.342 e. The molecule has 6 heteroatoms. The van der Waals surface area contributed by atoms with Gasteiger partial charge in [0, 0.05) is 50.3 Å². The predicted octanol–water partition coefficient (Wildman–Crippen LogP) is 20.9. The fourth-order valence-corrected chi connectivity index (χ4v) is 20.6. The number of nitrogens with zero attached hydrogens (tertiary/aromatic N) is 3. The van der Waals surface area contributed by atoms with Crippen LogP contribution in [0, 0.1) is 5.92 Å². The molecule has 460 valence electrons. The molecule has 0 radical (unpaired) electrons. The van der Waals surface area contributed by atoms with Gasteiger partial charge in [-0.2, -0.15) is 0 Å². The van der Waals surface area contributed by atoms with Crippen molar-refractivity contribution in [2.75, 3.05) is 14.7 Å². The first kappa shape index (κ1) is 56.8. The third kappa shape index (κ3) is 7.22. The summed E-state index contributed by atoms with van der Waals surface area (Å²) in [5, 5.41) is 2.40. The highest BCUT2D eigenvalue weighted by molar-refractivity contribution is 6.99. The van der Waals surface area contributed by atoms with Crippen molar-refractivity contribution in [1.82, 2.24) is 0 Å². The molecular weight excluding hydrogens is 1080 g/mol. The zero-order valence-electron chi connectivity index (χ0n) is 57.8. The summed E-state index contributed by atoms with van der Waals surface area (Å²) in [6, 6.07) is 38.7. The first-order valence-corrected chi connectivity index (χ1v) is 34.8. The van der Waals surface area contributed by atoms with E-state index in [-0.39, 0.29) is 66.4 Å². The lowest BCUT2D eigenvalue weighted by molar-refractivity contribution is 0.0840. The van der Waals surface area contributed by atoms with Gasteiger partial charge in [0.1, 0.15) is 22.5 Å². The smallest absolute Gasteiger partial charge is 0.342 e. The highest BCUT2D eigenvalue weighted by Crippen LogP contribution is 2.67. The molecule has 4 aliphatic heterocycles. The number of benzene rings is 6. The second-order valence-corrected chi connectivity index (χ2v) is 36.8. The highest BCUT2D eigenvalue weighted by Gasteiger charge is 2.63. The predicted molar refractivity (Wildman–Crippen MR) is 376 cm³/mol. The Morgan fingerprint density at radius 1 is 0.404 bits per heavy atom. The van der Waals surface area contributed by atoms with Crippen molar-refractivity contribution in [3.8, 4) is 0 Å². The van der Waals surface area contributed by atoms with Crippen LogP contribution in [-0.2, 0) is 54.1 Å². The first-order valence-electron chi connectivity index (χ1n) is 34.8. The van der Waals surface area contributed by atoms with Crippen LogP contribution >= 0.6 is 0 Å². The van der Waals surface area contributed by atoms with Crippen molar-refractivity contribution in [2.24, 2.45) is 5.92 Å². The van der Waals surface area contributed by atoms with Crippen LogP contribution in [0.1, 0.15) is 265 Å². The summed E-state index contributed by atoms with van der Waals surface area (Å²) in [6.07, 6.45) is 12.6. The van der Waals surface area contributed by atoms with Crippen LogP contribution < -0.4 is 31.5 Å². The molecule has 8 aromatic rings. The Hall–Kier alpha value is -6.14. The van der Waals surface area contributed by atoms with Gasteiger partial charge in [-0.05, 0) is 260 Å². The third-order valence-electron chi connectivity index (χ3n) is 27.3. The van der Waals surface area contributed by atoms with Crippen molar-refractivity contribution in [3.05, 3.63) is 147 Å². The lowest BCUT2D eigenvalue weighted by atomic mass is 9.37. The highest BCUT2D eigenvalue weighted by atomic mass is 16.3. The van der Waals surface area contributed by atoms with Crippen LogP contribution in [0.25, 0.3) is 21.9 Å². The Morgan fingerprint density at radius 2 is 0.831 bits per heavy atom. The van der Waals surface area contributed by atoms with Gasteiger partial charge < -0.3 is 23.5 Å². The monoisotopic (exact) mass is 1180 g/mol. The molecule has 0 N–H and O–H groups in total. The minimum atomic E-state index is -0.342. The minimum absolute atomic E-state index is 0.000514. The zero-order chi connectivity index (χ0) is 62.6. The van der Waals surface area contributed by atoms with Crippen molar-refractivity contribution >= 4 is 90.9 Å². The van der Waals surface area contributed by atoms with Crippen LogP contribution in [0.15, 0.2) is 99.8 Å². The summed E-state index contributed by atoms with van der Waals surface area (Å²) < 4.78 is 15.9. The van der Waals surface area contributed by atoms with Crippen molar-refractivity contribution in [3.63, 3.8) is 0 Å². The standard InChI is InChI=1S/C83H98BN3O2/c1-73(2,3)47-21-26-63-62(37-47)82(19)28-27-48-46-83(82,20)87(63)51-40-64-68-65(41-51)86(50-23-25-55-61(39-50)81(48,18)36-35-75(55,6)7)70-53-43-58-60(80(16,17)34-32-78(58,12)13)45-67(53)89-72(70)84(68)71-69(52-42-57-59(44-66(52)88-71)79(14,15)33-31-77(57,10)11)85(64)49-22-24-54-56(38-49)76(8,9)30-29-74(54,4)5/h21-26,37-45,48H,27-36,46H2,1-20H3. The second kappa shape index (κ2) is 16.9. The molecule has 0 saturated heterocycles. The zero-order valence-corrected chi connectivity index (χ0v) is 57.8. The Morgan fingerprint density at radius 3 is 1.31 bits per heavy atom. The van der Waals surface area contributed by atoms with E-state index >= 15 is 0 Å². The van der Waals surface area contributed by atoms with Gasteiger partial charge in [0.05, 0.1) is 16.9 Å². The third-order valence-corrected chi connectivity index (χ3v) is 27.3. The number of anilines is 8. The SMILES string of the molecule is CC(C)(C)c1ccc2c(c1)C1(C)CCC3CC1(C)N2c1cc2c4c(c1)N(c1ccc5c(c1)C3(C)CCC5(C)C)c1c(oc3cc5c(cc13)C(C)(C)CCC5(C)C)B4c1oc3cc4c(cc3c1N2c1ccc2c(c1)C(C)(C)CCC2(C)C)C(C)(C)CCC4(C)C. The van der Waals surface area contributed by atoms with E-state index in [0.29, 0.717) is 5.92 Å². The molecule has 0 amide bonds. The van der Waals surface area contributed by atoms with E-state index in [4.69, 9.17) is 8.83 Å². The lowest BCUT2D eigenvalue weighted by Gasteiger charge is -2.58. The van der Waals surface area contributed by atoms with Gasteiger partial charge in [0.25, 0.3) is 0 Å². The van der Waals surface area contributed by atoms with E-state index in [1.807, 2.05) is 0 Å². The molecule has 5 nitrogen and oxygen atoms in total. The first-order chi connectivity index (χ1) is 41.5. The van der Waals surface area contributed by atoms with Gasteiger partial charge in [0.2, 0.25) is 0 Å². The van der Waals surface area contributed by atoms with E-state index in [0.717, 1.165) is 73.1 Å². The van der Waals surface area contributed by atoms with Crippen molar-refractivity contribution < 1.29 is 8.83 Å². The van der Waals surface area contributed by atoms with Crippen LogP contribution in [0.5, 0.6) is 0 Å². The Balaban J connectivity index is 1.06. The van der Waals surface area contributed by atoms with Crippen LogP contribution in [0.3, 0.4) is 0 Å². The van der Waals surface area contributed by atoms with Gasteiger partial charge >= 0.3 is 6.71 Å². The molecule has 0 spiro atoms. The van der Waals surface area contributed by atoms with Gasteiger partial charge in [-0.3, -0.25) is 0 Å². The number of fused-ring (bicyclic) bond motifs is 21. The molecule has 4 atom stereocenters. The number of hydrogen-bond donors (Lipinski definition) is 0. The molecule has 6 heterocycles. The van der Waals surface area contributed by atoms with E-state index in [9.17, 15) is 0 Å². The summed E-state index contributed by atoms with van der Waals surface area (Å²) in [6.45, 7) is 49.7. The molecular formula is C83H98BN3O2. The molecule has 6 bridgehead atoms. The molecule has 1 fully saturated rings. The average molecular weight is 1180 g/mol. The quantitative estimate of drug-likeness (QED) is 0.153. The van der Waals surface area contributed by atoms with Crippen LogP contribution in [0.4, 0.5) is 45.5 Å². The summed E-state index contributed by atoms with van der Waals surface area (Å²) in [4.78, 5) is 8.40. The van der Waals surface area contributed by atoms with Gasteiger partial charge in [-0.15, -0.1) is 0 Å². The maximum absolute atomic E-state index is 7.97. The number of furan rings is 2. The summed E-state index contributed by atoms with van der Waals surface area (Å²) in [7, 11) is 0. The average Bonchev–Trinajstić information content (AvgIpc) is 1.59. The van der Waals surface area contributed by atoms with Gasteiger partial charge in [0.15, 0.2) is 0 Å². The Kier molecular flexibility index (Phi) is 10.8. The Labute approximate surface area is 532 Å². The maximum atomic E-state index is 7.97. The number of hydrogen-bond acceptors (Lipinski definition) is 5. The molecule has 89 heavy (non-hydrogen) atoms. The Bertz CT molecular complexity index is 4490. The van der Waals surface area contributed by atoms with Crippen molar-refractivity contribution in [1.29, 1.82) is 0 Å². The molecule has 2 aromatic heterocycles. The molecule has 9 aliphatic rings. The van der Waals surface area contributed by atoms with Crippen LogP contribution in [0.2, 0.25) is 0 Å². The fraction of sp³-hybridized carbons (Fsp3) is 0.518. The largest absolute Gasteiger partial charge is 0.468 e. The normalized spacial score (nSPS) is 27.6. The van der Waals surface area contributed by atoms with E-state index in [2.05, 4.69) is 244 Å². The lowest BCUT2D eigenvalue weighted by Crippen LogP contribution is -2.61. The molecule has 6 aromatic carbocycles. The van der Waals surface area contributed by atoms with Crippen molar-refractivity contribution in [2.45, 2.75) is 269 Å². The van der Waals surface area contributed by atoms with Gasteiger partial charge in [-0.25, -0.2) is 0 Å². The van der Waals surface area contributed by atoms with Crippen LogP contribution in [-0.4, -0.2) is 12.3 Å². The summed E-state index contributed by atoms with van der Waals surface area (Å²) >= 11 is 0. The van der Waals surface area contributed by atoms with Gasteiger partial charge in [-0.1, -0.05) is 156 Å². The molecule has 5 aliphatic carbocycles. The van der Waals surface area contributed by atoms with E-state index in [1.165, 1.54) is 132 Å². The second-order valence-electron chi connectivity index (χ2n) is 36.8. The molecule has 17 rings (SSSR count). The fourth-order valence-electron chi connectivity index (χ4n) is 20.6. The topological polar surface area (TPSA) is 36.0 Å². The minimum Gasteiger partial charge on any atom is -0.468 e.